The van der Waals surface area contributed by atoms with Crippen LogP contribution < -0.4 is 0 Å². The van der Waals surface area contributed by atoms with Gasteiger partial charge in [0, 0.05) is 12.5 Å². The number of halogens is 1. The average Bonchev–Trinajstić information content (AvgIpc) is 1.81. The summed E-state index contributed by atoms with van der Waals surface area (Å²) in [6.45, 7) is 0.270. The second kappa shape index (κ2) is 6.99. The number of unbranched alkanes of at least 4 members (excludes halogenated alkanes) is 1. The summed E-state index contributed by atoms with van der Waals surface area (Å²) in [6.07, 6.45) is 5.64. The lowest BCUT2D eigenvalue weighted by molar-refractivity contribution is 0.289. The van der Waals surface area contributed by atoms with Crippen LogP contribution >= 0.6 is 11.6 Å². The van der Waals surface area contributed by atoms with Crippen LogP contribution in [-0.2, 0) is 0 Å². The van der Waals surface area contributed by atoms with Gasteiger partial charge in [-0.05, 0) is 12.8 Å². The van der Waals surface area contributed by atoms with E-state index in [4.69, 9.17) is 16.7 Å². The lowest BCUT2D eigenvalue weighted by Crippen LogP contribution is -1.77. The zero-order valence-electron chi connectivity index (χ0n) is 4.81. The highest BCUT2D eigenvalue weighted by Crippen LogP contribution is 1.89. The molecule has 48 valence electrons. The third-order valence-corrected chi connectivity index (χ3v) is 0.963. The molecule has 0 aliphatic heterocycles. The highest BCUT2D eigenvalue weighted by Gasteiger charge is 1.75. The molecule has 0 bridgehead atoms. The Bertz CT molecular complexity index is 61.5. The molecule has 1 N–H and O–H groups in total. The standard InChI is InChI=1S/C6H11ClO/c7-5-3-1-2-4-6-8/h1,3,8H,2,4-6H2/b3-1-. The fourth-order valence-electron chi connectivity index (χ4n) is 0.390. The molecule has 0 saturated heterocycles. The van der Waals surface area contributed by atoms with Gasteiger partial charge in [0.2, 0.25) is 0 Å². The number of allylic oxidation sites excluding steroid dienone is 2. The summed E-state index contributed by atoms with van der Waals surface area (Å²) in [5.74, 6) is 0.575. The zero-order chi connectivity index (χ0) is 6.24. The Morgan fingerprint density at radius 3 is 2.62 bits per heavy atom. The molecule has 0 aliphatic carbocycles. The molecule has 0 unspecified atom stereocenters. The van der Waals surface area contributed by atoms with Gasteiger partial charge in [-0.2, -0.15) is 0 Å². The van der Waals surface area contributed by atoms with Gasteiger partial charge in [-0.25, -0.2) is 0 Å². The molecule has 0 radical (unpaired) electrons. The SMILES string of the molecule is OCCC/C=C\CCl. The lowest BCUT2D eigenvalue weighted by Gasteiger charge is -1.84. The van der Waals surface area contributed by atoms with Gasteiger partial charge >= 0.3 is 0 Å². The first-order valence-electron chi connectivity index (χ1n) is 2.73. The molecule has 0 saturated carbocycles. The molecule has 0 fully saturated rings. The molecular formula is C6H11ClO. The number of alkyl halides is 1. The topological polar surface area (TPSA) is 20.2 Å². The highest BCUT2D eigenvalue weighted by molar-refractivity contribution is 6.18. The Kier molecular flexibility index (Phi) is 6.98. The van der Waals surface area contributed by atoms with E-state index in [-0.39, 0.29) is 6.61 Å². The molecule has 0 aromatic rings. The van der Waals surface area contributed by atoms with Gasteiger partial charge in [-0.1, -0.05) is 12.2 Å². The molecule has 0 aliphatic rings. The first-order chi connectivity index (χ1) is 3.91. The van der Waals surface area contributed by atoms with Crippen molar-refractivity contribution in [3.8, 4) is 0 Å². The first-order valence-corrected chi connectivity index (χ1v) is 3.27. The van der Waals surface area contributed by atoms with Crippen LogP contribution in [0, 0.1) is 0 Å². The van der Waals surface area contributed by atoms with Gasteiger partial charge in [0.05, 0.1) is 0 Å². The third kappa shape index (κ3) is 5.99. The van der Waals surface area contributed by atoms with E-state index in [1.807, 2.05) is 12.2 Å². The van der Waals surface area contributed by atoms with E-state index in [1.54, 1.807) is 0 Å². The Balaban J connectivity index is 2.80. The summed E-state index contributed by atoms with van der Waals surface area (Å²) in [6, 6.07) is 0. The summed E-state index contributed by atoms with van der Waals surface area (Å²) < 4.78 is 0. The minimum atomic E-state index is 0.270. The summed E-state index contributed by atoms with van der Waals surface area (Å²) in [7, 11) is 0. The number of aliphatic hydroxyl groups excluding tert-OH is 1. The van der Waals surface area contributed by atoms with Crippen molar-refractivity contribution in [3.63, 3.8) is 0 Å². The number of rotatable bonds is 4. The van der Waals surface area contributed by atoms with E-state index < -0.39 is 0 Å². The molecule has 0 heterocycles. The molecule has 1 nitrogen and oxygen atoms in total. The van der Waals surface area contributed by atoms with E-state index >= 15 is 0 Å². The van der Waals surface area contributed by atoms with Crippen LogP contribution in [0.1, 0.15) is 12.8 Å². The Morgan fingerprint density at radius 1 is 1.38 bits per heavy atom. The predicted octanol–water partition coefficient (Wildman–Crippen LogP) is 1.55. The summed E-state index contributed by atoms with van der Waals surface area (Å²) in [5.41, 5.74) is 0. The molecule has 8 heavy (non-hydrogen) atoms. The van der Waals surface area contributed by atoms with E-state index in [0.29, 0.717) is 5.88 Å². The van der Waals surface area contributed by atoms with Crippen molar-refractivity contribution < 1.29 is 5.11 Å². The van der Waals surface area contributed by atoms with Crippen LogP contribution in [0.3, 0.4) is 0 Å². The first kappa shape index (κ1) is 7.99. The largest absolute Gasteiger partial charge is 0.396 e. The monoisotopic (exact) mass is 134 g/mol. The van der Waals surface area contributed by atoms with Gasteiger partial charge < -0.3 is 5.11 Å². The second-order valence-corrected chi connectivity index (χ2v) is 1.80. The molecule has 0 rings (SSSR count). The molecule has 0 atom stereocenters. The summed E-state index contributed by atoms with van der Waals surface area (Å²) >= 11 is 5.33. The fourth-order valence-corrected chi connectivity index (χ4v) is 0.516. The molecule has 2 heteroatoms. The van der Waals surface area contributed by atoms with Crippen LogP contribution in [-0.4, -0.2) is 17.6 Å². The van der Waals surface area contributed by atoms with Crippen molar-refractivity contribution >= 4 is 11.6 Å². The van der Waals surface area contributed by atoms with Crippen molar-refractivity contribution in [2.24, 2.45) is 0 Å². The maximum Gasteiger partial charge on any atom is 0.0433 e. The van der Waals surface area contributed by atoms with E-state index in [0.717, 1.165) is 12.8 Å². The van der Waals surface area contributed by atoms with Gasteiger partial charge in [0.1, 0.15) is 0 Å². The number of aliphatic hydroxyl groups is 1. The van der Waals surface area contributed by atoms with Crippen LogP contribution in [0.2, 0.25) is 0 Å². The minimum Gasteiger partial charge on any atom is -0.396 e. The van der Waals surface area contributed by atoms with Gasteiger partial charge in [0.15, 0.2) is 0 Å². The minimum absolute atomic E-state index is 0.270. The van der Waals surface area contributed by atoms with Crippen molar-refractivity contribution in [2.75, 3.05) is 12.5 Å². The summed E-state index contributed by atoms with van der Waals surface area (Å²) in [4.78, 5) is 0. The second-order valence-electron chi connectivity index (χ2n) is 1.49. The predicted molar refractivity (Wildman–Crippen MR) is 36.2 cm³/mol. The molecule has 0 aromatic carbocycles. The van der Waals surface area contributed by atoms with Crippen LogP contribution in [0.4, 0.5) is 0 Å². The lowest BCUT2D eigenvalue weighted by atomic mass is 10.3. The molecule has 0 amide bonds. The van der Waals surface area contributed by atoms with E-state index in [2.05, 4.69) is 0 Å². The van der Waals surface area contributed by atoms with Crippen molar-refractivity contribution in [1.29, 1.82) is 0 Å². The Labute approximate surface area is 55.0 Å². The molecule has 0 spiro atoms. The fraction of sp³-hybridized carbons (Fsp3) is 0.667. The van der Waals surface area contributed by atoms with E-state index in [9.17, 15) is 0 Å². The van der Waals surface area contributed by atoms with Crippen molar-refractivity contribution in [1.82, 2.24) is 0 Å². The normalized spacial score (nSPS) is 10.8. The van der Waals surface area contributed by atoms with Crippen molar-refractivity contribution in [2.45, 2.75) is 12.8 Å². The maximum atomic E-state index is 8.30. The van der Waals surface area contributed by atoms with Crippen LogP contribution in [0.15, 0.2) is 12.2 Å². The number of hydrogen-bond acceptors (Lipinski definition) is 1. The Hall–Kier alpha value is -0.0100. The maximum absolute atomic E-state index is 8.30. The van der Waals surface area contributed by atoms with Gasteiger partial charge in [-0.15, -0.1) is 11.6 Å². The summed E-state index contributed by atoms with van der Waals surface area (Å²) in [5, 5.41) is 8.30. The quantitative estimate of drug-likeness (QED) is 0.352. The Morgan fingerprint density at radius 2 is 2.12 bits per heavy atom. The highest BCUT2D eigenvalue weighted by atomic mass is 35.5. The van der Waals surface area contributed by atoms with E-state index in [1.165, 1.54) is 0 Å². The molecule has 0 aromatic heterocycles. The van der Waals surface area contributed by atoms with Crippen molar-refractivity contribution in [3.05, 3.63) is 12.2 Å². The smallest absolute Gasteiger partial charge is 0.0433 e. The number of hydrogen-bond donors (Lipinski definition) is 1. The van der Waals surface area contributed by atoms with Gasteiger partial charge in [0.25, 0.3) is 0 Å². The third-order valence-electron chi connectivity index (χ3n) is 0.785. The van der Waals surface area contributed by atoms with Crippen LogP contribution in [0.25, 0.3) is 0 Å². The zero-order valence-corrected chi connectivity index (χ0v) is 5.56. The average molecular weight is 135 g/mol. The molecular weight excluding hydrogens is 124 g/mol. The van der Waals surface area contributed by atoms with Crippen LogP contribution in [0.5, 0.6) is 0 Å². The van der Waals surface area contributed by atoms with Gasteiger partial charge in [-0.3, -0.25) is 0 Å².